The number of nitrogens with two attached hydrogens (primary N) is 1. The summed E-state index contributed by atoms with van der Waals surface area (Å²) in [6, 6.07) is 4.00. The van der Waals surface area contributed by atoms with Gasteiger partial charge in [0.25, 0.3) is 0 Å². The van der Waals surface area contributed by atoms with Gasteiger partial charge in [0.1, 0.15) is 11.4 Å². The van der Waals surface area contributed by atoms with Gasteiger partial charge in [-0.15, -0.1) is 0 Å². The molecule has 2 heterocycles. The van der Waals surface area contributed by atoms with Gasteiger partial charge >= 0.3 is 0 Å². The average molecular weight is 206 g/mol. The molecule has 2 aromatic rings. The van der Waals surface area contributed by atoms with Crippen LogP contribution in [0, 0.1) is 6.92 Å². The molecular formula is C10H14N4O. The van der Waals surface area contributed by atoms with Crippen molar-refractivity contribution in [1.82, 2.24) is 14.9 Å². The molecule has 0 radical (unpaired) electrons. The maximum Gasteiger partial charge on any atom is 0.127 e. The van der Waals surface area contributed by atoms with Crippen LogP contribution in [-0.4, -0.2) is 14.9 Å². The van der Waals surface area contributed by atoms with Crippen molar-refractivity contribution in [2.45, 2.75) is 26.4 Å². The number of aromatic nitrogens is 3. The van der Waals surface area contributed by atoms with E-state index in [1.807, 2.05) is 32.2 Å². The highest BCUT2D eigenvalue weighted by molar-refractivity contribution is 5.14. The quantitative estimate of drug-likeness (QED) is 0.820. The number of hydrogen-bond acceptors (Lipinski definition) is 4. The van der Waals surface area contributed by atoms with Crippen LogP contribution < -0.4 is 5.73 Å². The number of hydrogen-bond donors (Lipinski definition) is 1. The fraction of sp³-hybridized carbons (Fsp3) is 0.400. The first-order valence-corrected chi connectivity index (χ1v) is 4.87. The highest BCUT2D eigenvalue weighted by Gasteiger charge is 2.10. The Kier molecular flexibility index (Phi) is 2.55. The zero-order valence-corrected chi connectivity index (χ0v) is 8.84. The summed E-state index contributed by atoms with van der Waals surface area (Å²) in [6.45, 7) is 4.49. The van der Waals surface area contributed by atoms with Crippen LogP contribution in [0.25, 0.3) is 0 Å². The lowest BCUT2D eigenvalue weighted by molar-refractivity contribution is 0.300. The molecule has 0 spiro atoms. The van der Waals surface area contributed by atoms with Crippen molar-refractivity contribution in [2.24, 2.45) is 5.73 Å². The standard InChI is InChI=1S/C10H14N4O/c1-7(11)10-4-3-5-14(10)6-9-8(2)12-15-13-9/h3-5,7H,6,11H2,1-2H3. The first kappa shape index (κ1) is 9.92. The molecule has 0 fully saturated rings. The van der Waals surface area contributed by atoms with E-state index in [0.717, 1.165) is 17.1 Å². The smallest absolute Gasteiger partial charge is 0.127 e. The van der Waals surface area contributed by atoms with E-state index in [-0.39, 0.29) is 6.04 Å². The van der Waals surface area contributed by atoms with Crippen LogP contribution in [0.5, 0.6) is 0 Å². The van der Waals surface area contributed by atoms with Gasteiger partial charge in [-0.25, -0.2) is 4.63 Å². The third-order valence-electron chi connectivity index (χ3n) is 2.40. The van der Waals surface area contributed by atoms with Gasteiger partial charge in [0.05, 0.1) is 6.54 Å². The summed E-state index contributed by atoms with van der Waals surface area (Å²) in [6.07, 6.45) is 1.98. The maximum atomic E-state index is 5.85. The summed E-state index contributed by atoms with van der Waals surface area (Å²) in [5.41, 5.74) is 8.59. The van der Waals surface area contributed by atoms with E-state index < -0.39 is 0 Å². The van der Waals surface area contributed by atoms with Gasteiger partial charge in [0.2, 0.25) is 0 Å². The summed E-state index contributed by atoms with van der Waals surface area (Å²) in [7, 11) is 0. The first-order chi connectivity index (χ1) is 7.18. The van der Waals surface area contributed by atoms with Crippen molar-refractivity contribution in [3.05, 3.63) is 35.4 Å². The molecule has 15 heavy (non-hydrogen) atoms. The van der Waals surface area contributed by atoms with E-state index in [9.17, 15) is 0 Å². The van der Waals surface area contributed by atoms with Crippen molar-refractivity contribution in [3.8, 4) is 0 Å². The summed E-state index contributed by atoms with van der Waals surface area (Å²) in [5.74, 6) is 0. The second-order valence-corrected chi connectivity index (χ2v) is 3.65. The molecule has 1 unspecified atom stereocenters. The zero-order chi connectivity index (χ0) is 10.8. The number of aryl methyl sites for hydroxylation is 1. The molecule has 2 rings (SSSR count). The third kappa shape index (κ3) is 1.92. The van der Waals surface area contributed by atoms with E-state index in [0.29, 0.717) is 6.54 Å². The molecule has 0 aliphatic carbocycles. The molecule has 2 N–H and O–H groups in total. The van der Waals surface area contributed by atoms with Crippen LogP contribution in [0.15, 0.2) is 23.0 Å². The van der Waals surface area contributed by atoms with Crippen LogP contribution in [0.4, 0.5) is 0 Å². The molecule has 0 bridgehead atoms. The molecule has 5 heteroatoms. The Hall–Kier alpha value is -1.62. The zero-order valence-electron chi connectivity index (χ0n) is 8.84. The second-order valence-electron chi connectivity index (χ2n) is 3.65. The minimum atomic E-state index is 0.0140. The maximum absolute atomic E-state index is 5.85. The largest absolute Gasteiger partial charge is 0.344 e. The van der Waals surface area contributed by atoms with Crippen molar-refractivity contribution in [1.29, 1.82) is 0 Å². The SMILES string of the molecule is Cc1nonc1Cn1cccc1C(C)N. The van der Waals surface area contributed by atoms with E-state index >= 15 is 0 Å². The van der Waals surface area contributed by atoms with E-state index in [1.54, 1.807) is 0 Å². The van der Waals surface area contributed by atoms with Crippen molar-refractivity contribution in [2.75, 3.05) is 0 Å². The molecule has 5 nitrogen and oxygen atoms in total. The van der Waals surface area contributed by atoms with Gasteiger partial charge in [-0.1, -0.05) is 10.3 Å². The Morgan fingerprint density at radius 1 is 1.53 bits per heavy atom. The highest BCUT2D eigenvalue weighted by Crippen LogP contribution is 2.13. The summed E-state index contributed by atoms with van der Waals surface area (Å²) in [5, 5.41) is 7.58. The lowest BCUT2D eigenvalue weighted by atomic mass is 10.2. The van der Waals surface area contributed by atoms with Crippen LogP contribution >= 0.6 is 0 Å². The summed E-state index contributed by atoms with van der Waals surface area (Å²) < 4.78 is 6.70. The minimum absolute atomic E-state index is 0.0140. The predicted molar refractivity (Wildman–Crippen MR) is 55.2 cm³/mol. The Balaban J connectivity index is 2.25. The second kappa shape index (κ2) is 3.86. The first-order valence-electron chi connectivity index (χ1n) is 4.87. The molecule has 80 valence electrons. The fourth-order valence-corrected chi connectivity index (χ4v) is 1.54. The average Bonchev–Trinajstić information content (AvgIpc) is 2.77. The van der Waals surface area contributed by atoms with E-state index in [4.69, 9.17) is 5.73 Å². The predicted octanol–water partition coefficient (Wildman–Crippen LogP) is 1.25. The van der Waals surface area contributed by atoms with Crippen LogP contribution in [0.1, 0.15) is 30.0 Å². The molecule has 0 saturated carbocycles. The van der Waals surface area contributed by atoms with Gasteiger partial charge in [0.15, 0.2) is 0 Å². The lowest BCUT2D eigenvalue weighted by Crippen LogP contribution is -2.12. The van der Waals surface area contributed by atoms with Crippen molar-refractivity contribution in [3.63, 3.8) is 0 Å². The molecule has 0 aliphatic rings. The minimum Gasteiger partial charge on any atom is -0.344 e. The Bertz CT molecular complexity index is 444. The number of rotatable bonds is 3. The van der Waals surface area contributed by atoms with Gasteiger partial charge < -0.3 is 10.3 Å². The summed E-state index contributed by atoms with van der Waals surface area (Å²) in [4.78, 5) is 0. The monoisotopic (exact) mass is 206 g/mol. The molecule has 0 amide bonds. The fourth-order valence-electron chi connectivity index (χ4n) is 1.54. The summed E-state index contributed by atoms with van der Waals surface area (Å²) >= 11 is 0. The molecule has 0 saturated heterocycles. The lowest BCUT2D eigenvalue weighted by Gasteiger charge is -2.10. The van der Waals surface area contributed by atoms with Gasteiger partial charge in [-0.3, -0.25) is 0 Å². The highest BCUT2D eigenvalue weighted by atomic mass is 16.6. The molecule has 0 aromatic carbocycles. The molecule has 2 aromatic heterocycles. The topological polar surface area (TPSA) is 69.9 Å². The number of nitrogens with zero attached hydrogens (tertiary/aromatic N) is 3. The molecule has 0 aliphatic heterocycles. The van der Waals surface area contributed by atoms with Crippen LogP contribution in [0.2, 0.25) is 0 Å². The van der Waals surface area contributed by atoms with E-state index in [1.165, 1.54) is 0 Å². The van der Waals surface area contributed by atoms with Gasteiger partial charge in [-0.05, 0) is 26.0 Å². The Labute approximate surface area is 87.8 Å². The third-order valence-corrected chi connectivity index (χ3v) is 2.40. The molecule has 1 atom stereocenters. The van der Waals surface area contributed by atoms with Crippen molar-refractivity contribution < 1.29 is 4.63 Å². The van der Waals surface area contributed by atoms with Crippen molar-refractivity contribution >= 4 is 0 Å². The van der Waals surface area contributed by atoms with Gasteiger partial charge in [0, 0.05) is 17.9 Å². The normalized spacial score (nSPS) is 13.0. The van der Waals surface area contributed by atoms with E-state index in [2.05, 4.69) is 19.5 Å². The molecular weight excluding hydrogens is 192 g/mol. The Morgan fingerprint density at radius 2 is 2.33 bits per heavy atom. The van der Waals surface area contributed by atoms with Crippen LogP contribution in [-0.2, 0) is 6.54 Å². The Morgan fingerprint density at radius 3 is 2.93 bits per heavy atom. The van der Waals surface area contributed by atoms with Gasteiger partial charge in [-0.2, -0.15) is 0 Å². The van der Waals surface area contributed by atoms with Crippen LogP contribution in [0.3, 0.4) is 0 Å².